The predicted molar refractivity (Wildman–Crippen MR) is 123 cm³/mol. The number of nitrogens with one attached hydrogen (secondary N) is 2. The number of benzene rings is 4. The highest BCUT2D eigenvalue weighted by Crippen LogP contribution is 2.29. The fourth-order valence-electron chi connectivity index (χ4n) is 3.70. The molecule has 0 unspecified atom stereocenters. The van der Waals surface area contributed by atoms with Crippen LogP contribution < -0.4 is 11.2 Å². The van der Waals surface area contributed by atoms with E-state index in [9.17, 15) is 9.59 Å². The van der Waals surface area contributed by atoms with Crippen molar-refractivity contribution >= 4 is 21.5 Å². The lowest BCUT2D eigenvalue weighted by Gasteiger charge is -1.99. The average Bonchev–Trinajstić information content (AvgIpc) is 3.20. The lowest BCUT2D eigenvalue weighted by molar-refractivity contribution is 1.02. The summed E-state index contributed by atoms with van der Waals surface area (Å²) in [5.41, 5.74) is 2.21. The first-order valence-electron chi connectivity index (χ1n) is 9.92. The van der Waals surface area contributed by atoms with E-state index >= 15 is 0 Å². The van der Waals surface area contributed by atoms with Gasteiger partial charge in [-0.3, -0.25) is 9.78 Å². The van der Waals surface area contributed by atoms with Crippen molar-refractivity contribution in [2.75, 3.05) is 0 Å². The van der Waals surface area contributed by atoms with Gasteiger partial charge in [-0.1, -0.05) is 84.9 Å². The monoisotopic (exact) mass is 394 g/mol. The van der Waals surface area contributed by atoms with Crippen molar-refractivity contribution in [2.24, 2.45) is 0 Å². The lowest BCUT2D eigenvalue weighted by Crippen LogP contribution is -2.19. The van der Waals surface area contributed by atoms with Gasteiger partial charge in [0.05, 0.1) is 0 Å². The molecule has 0 radical (unpaired) electrons. The molecule has 0 fully saturated rings. The molecule has 1 heterocycles. The van der Waals surface area contributed by atoms with Crippen molar-refractivity contribution in [3.63, 3.8) is 0 Å². The molecule has 1 aliphatic rings. The first-order valence-corrected chi connectivity index (χ1v) is 9.92. The van der Waals surface area contributed by atoms with Gasteiger partial charge in [0.1, 0.15) is 0 Å². The number of hydrogen-bond acceptors (Lipinski definition) is 2. The van der Waals surface area contributed by atoms with Crippen molar-refractivity contribution in [1.82, 2.24) is 9.97 Å². The highest BCUT2D eigenvalue weighted by molar-refractivity contribution is 5.90. The zero-order chi connectivity index (χ0) is 20.8. The summed E-state index contributed by atoms with van der Waals surface area (Å²) in [6, 6.07) is 31.2. The van der Waals surface area contributed by atoms with Crippen molar-refractivity contribution in [3.8, 4) is 0 Å². The normalized spacial score (nSPS) is 11.3. The van der Waals surface area contributed by atoms with Crippen LogP contribution in [0.4, 0.5) is 0 Å². The maximum Gasteiger partial charge on any atom is 0.325 e. The Kier molecular flexibility index (Phi) is 5.85. The van der Waals surface area contributed by atoms with Crippen LogP contribution in [0.25, 0.3) is 21.5 Å². The molecule has 5 aromatic rings. The van der Waals surface area contributed by atoms with Crippen LogP contribution in [0.3, 0.4) is 0 Å². The first kappa shape index (κ1) is 19.4. The Bertz CT molecular complexity index is 1270. The maximum absolute atomic E-state index is 10.2. The minimum absolute atomic E-state index is 0.381. The second kappa shape index (κ2) is 9.05. The molecule has 1 aromatic heterocycles. The summed E-state index contributed by atoms with van der Waals surface area (Å²) in [5.74, 6) is 0. The molecule has 0 amide bonds. The number of aromatic nitrogens is 2. The van der Waals surface area contributed by atoms with Crippen molar-refractivity contribution in [2.45, 2.75) is 12.8 Å². The molecule has 0 spiro atoms. The molecule has 0 aliphatic heterocycles. The smallest absolute Gasteiger partial charge is 0.314 e. The summed E-state index contributed by atoms with van der Waals surface area (Å²) in [4.78, 5) is 24.7. The third-order valence-electron chi connectivity index (χ3n) is 5.09. The quantitative estimate of drug-likeness (QED) is 0.395. The molecule has 0 saturated heterocycles. The summed E-state index contributed by atoms with van der Waals surface area (Å²) in [6.07, 6.45) is 3.76. The number of hydrogen-bond donors (Lipinski definition) is 2. The standard InChI is InChI=1S/C12H10.C10H8.C4H4N2O2/c1-3-9-4-2-6-11-8-7-10(5-1)12(9)11;1-2-6-10-8-4-3-7-9(10)5-1;7-3-1-2-5-4(8)6-3/h1-6H,7-8H2;1-8H;1-2H,(H2,5,6,7,8). The minimum Gasteiger partial charge on any atom is -0.314 e. The molecule has 4 heteroatoms. The Hall–Kier alpha value is -3.92. The van der Waals surface area contributed by atoms with E-state index in [1.54, 1.807) is 0 Å². The van der Waals surface area contributed by atoms with Crippen LogP contribution in [0.15, 0.2) is 107 Å². The van der Waals surface area contributed by atoms with E-state index in [0.717, 1.165) is 0 Å². The van der Waals surface area contributed by atoms with Gasteiger partial charge in [0.25, 0.3) is 5.56 Å². The largest absolute Gasteiger partial charge is 0.325 e. The number of aromatic amines is 2. The van der Waals surface area contributed by atoms with Crippen LogP contribution in [0, 0.1) is 0 Å². The van der Waals surface area contributed by atoms with E-state index in [2.05, 4.69) is 89.9 Å². The van der Waals surface area contributed by atoms with E-state index in [0.29, 0.717) is 0 Å². The fourth-order valence-corrected chi connectivity index (χ4v) is 3.70. The second-order valence-electron chi connectivity index (χ2n) is 7.08. The number of fused-ring (bicyclic) bond motifs is 1. The maximum atomic E-state index is 10.2. The Morgan fingerprint density at radius 1 is 0.567 bits per heavy atom. The van der Waals surface area contributed by atoms with Gasteiger partial charge in [0.15, 0.2) is 0 Å². The molecule has 4 aromatic carbocycles. The van der Waals surface area contributed by atoms with Gasteiger partial charge in [-0.15, -0.1) is 0 Å². The van der Waals surface area contributed by atoms with E-state index < -0.39 is 5.69 Å². The van der Waals surface area contributed by atoms with Crippen LogP contribution in [-0.4, -0.2) is 9.97 Å². The zero-order valence-electron chi connectivity index (χ0n) is 16.5. The molecule has 0 atom stereocenters. The van der Waals surface area contributed by atoms with Crippen LogP contribution in [0.5, 0.6) is 0 Å². The highest BCUT2D eigenvalue weighted by Gasteiger charge is 2.11. The molecular weight excluding hydrogens is 372 g/mol. The second-order valence-corrected chi connectivity index (χ2v) is 7.08. The first-order chi connectivity index (χ1) is 14.7. The van der Waals surface area contributed by atoms with Crippen LogP contribution in [0.2, 0.25) is 0 Å². The Morgan fingerprint density at radius 2 is 1.07 bits per heavy atom. The van der Waals surface area contributed by atoms with Gasteiger partial charge in [0, 0.05) is 12.3 Å². The Balaban J connectivity index is 0.000000112. The van der Waals surface area contributed by atoms with Crippen LogP contribution in [0.1, 0.15) is 11.1 Å². The van der Waals surface area contributed by atoms with E-state index in [-0.39, 0.29) is 5.56 Å². The average molecular weight is 394 g/mol. The SMILES string of the molecule is O=c1cc[nH]c(=O)[nH]1.c1cc2c3c(cccc3c1)CC2.c1ccc2ccccc2c1. The molecule has 4 nitrogen and oxygen atoms in total. The number of rotatable bonds is 0. The van der Waals surface area contributed by atoms with Gasteiger partial charge in [-0.25, -0.2) is 4.79 Å². The summed E-state index contributed by atoms with van der Waals surface area (Å²) in [5, 5.41) is 5.54. The van der Waals surface area contributed by atoms with Gasteiger partial charge >= 0.3 is 5.69 Å². The summed E-state index contributed by atoms with van der Waals surface area (Å²) >= 11 is 0. The Labute approximate surface area is 173 Å². The van der Waals surface area contributed by atoms with Gasteiger partial charge in [0.2, 0.25) is 0 Å². The molecule has 1 aliphatic carbocycles. The van der Waals surface area contributed by atoms with Crippen molar-refractivity contribution in [3.05, 3.63) is 129 Å². The lowest BCUT2D eigenvalue weighted by atomic mass is 10.1. The summed E-state index contributed by atoms with van der Waals surface area (Å²) < 4.78 is 0. The molecule has 0 bridgehead atoms. The molecule has 0 saturated carbocycles. The third kappa shape index (κ3) is 4.55. The molecular formula is C26H22N2O2. The van der Waals surface area contributed by atoms with Gasteiger partial charge in [-0.2, -0.15) is 0 Å². The zero-order valence-corrected chi connectivity index (χ0v) is 16.5. The minimum atomic E-state index is -0.475. The fraction of sp³-hybridized carbons (Fsp3) is 0.0769. The van der Waals surface area contributed by atoms with Crippen molar-refractivity contribution < 1.29 is 0 Å². The summed E-state index contributed by atoms with van der Waals surface area (Å²) in [6.45, 7) is 0. The van der Waals surface area contributed by atoms with Gasteiger partial charge in [-0.05, 0) is 45.5 Å². The highest BCUT2D eigenvalue weighted by atomic mass is 16.2. The van der Waals surface area contributed by atoms with E-state index in [1.165, 1.54) is 57.8 Å². The number of H-pyrrole nitrogens is 2. The van der Waals surface area contributed by atoms with Crippen molar-refractivity contribution in [1.29, 1.82) is 0 Å². The topological polar surface area (TPSA) is 65.7 Å². The molecule has 6 rings (SSSR count). The predicted octanol–water partition coefficient (Wildman–Crippen LogP) is 4.84. The Morgan fingerprint density at radius 3 is 1.50 bits per heavy atom. The third-order valence-corrected chi connectivity index (χ3v) is 5.09. The molecule has 30 heavy (non-hydrogen) atoms. The van der Waals surface area contributed by atoms with E-state index in [1.807, 2.05) is 4.98 Å². The summed E-state index contributed by atoms with van der Waals surface area (Å²) in [7, 11) is 0. The molecule has 148 valence electrons. The van der Waals surface area contributed by atoms with Crippen LogP contribution in [-0.2, 0) is 12.8 Å². The molecule has 2 N–H and O–H groups in total. The van der Waals surface area contributed by atoms with Crippen LogP contribution >= 0.6 is 0 Å². The number of aryl methyl sites for hydroxylation is 2. The van der Waals surface area contributed by atoms with E-state index in [4.69, 9.17) is 0 Å². The van der Waals surface area contributed by atoms with Gasteiger partial charge < -0.3 is 4.98 Å².